The van der Waals surface area contributed by atoms with Crippen molar-refractivity contribution in [3.8, 4) is 5.75 Å². The molecular formula is C25H38N2O3. The SMILES string of the molecule is Cc1ccc(C)c(OCCCCC(=O)NC2CCN(C(=O)C3CCCCC3)CC2)c1. The van der Waals surface area contributed by atoms with Gasteiger partial charge in [0.15, 0.2) is 0 Å². The minimum atomic E-state index is 0.124. The molecule has 1 aromatic carbocycles. The van der Waals surface area contributed by atoms with Gasteiger partial charge in [-0.25, -0.2) is 0 Å². The summed E-state index contributed by atoms with van der Waals surface area (Å²) in [5.41, 5.74) is 2.34. The minimum absolute atomic E-state index is 0.124. The van der Waals surface area contributed by atoms with Crippen molar-refractivity contribution in [2.24, 2.45) is 5.92 Å². The molecule has 2 amide bonds. The number of amides is 2. The summed E-state index contributed by atoms with van der Waals surface area (Å²) in [5, 5.41) is 3.17. The largest absolute Gasteiger partial charge is 0.493 e. The Bertz CT molecular complexity index is 704. The molecule has 0 spiro atoms. The minimum Gasteiger partial charge on any atom is -0.493 e. The molecule has 1 saturated heterocycles. The summed E-state index contributed by atoms with van der Waals surface area (Å²) in [5.74, 6) is 1.66. The van der Waals surface area contributed by atoms with Crippen molar-refractivity contribution in [2.75, 3.05) is 19.7 Å². The van der Waals surface area contributed by atoms with Crippen molar-refractivity contribution in [2.45, 2.75) is 84.1 Å². The van der Waals surface area contributed by atoms with E-state index in [1.165, 1.54) is 24.8 Å². The summed E-state index contributed by atoms with van der Waals surface area (Å²) in [6, 6.07) is 6.43. The first-order valence-corrected chi connectivity index (χ1v) is 11.8. The molecule has 5 nitrogen and oxygen atoms in total. The number of hydrogen-bond donors (Lipinski definition) is 1. The number of unbranched alkanes of at least 4 members (excludes halogenated alkanes) is 1. The molecule has 1 aromatic rings. The van der Waals surface area contributed by atoms with Gasteiger partial charge in [-0.3, -0.25) is 9.59 Å². The predicted octanol–water partition coefficient (Wildman–Crippen LogP) is 4.54. The van der Waals surface area contributed by atoms with E-state index in [0.29, 0.717) is 18.9 Å². The Morgan fingerprint density at radius 1 is 1.03 bits per heavy atom. The first kappa shape index (κ1) is 22.6. The maximum atomic E-state index is 12.7. The Kier molecular flexibility index (Phi) is 8.59. The third kappa shape index (κ3) is 6.75. The van der Waals surface area contributed by atoms with E-state index in [9.17, 15) is 9.59 Å². The normalized spacial score (nSPS) is 18.3. The number of carbonyl (C=O) groups is 2. The van der Waals surface area contributed by atoms with Crippen molar-refractivity contribution in [1.82, 2.24) is 10.2 Å². The Balaban J connectivity index is 1.27. The smallest absolute Gasteiger partial charge is 0.225 e. The number of piperidine rings is 1. The molecule has 0 radical (unpaired) electrons. The van der Waals surface area contributed by atoms with Crippen molar-refractivity contribution >= 4 is 11.8 Å². The standard InChI is InChI=1S/C25H38N2O3/c1-19-11-12-20(2)23(18-19)30-17-7-6-10-24(28)26-22-13-15-27(16-14-22)25(29)21-8-4-3-5-9-21/h11-12,18,21-22H,3-10,13-17H2,1-2H3,(H,26,28). The van der Waals surface area contributed by atoms with Gasteiger partial charge in [-0.15, -0.1) is 0 Å². The monoisotopic (exact) mass is 414 g/mol. The van der Waals surface area contributed by atoms with E-state index in [1.54, 1.807) is 0 Å². The van der Waals surface area contributed by atoms with Crippen molar-refractivity contribution in [3.05, 3.63) is 29.3 Å². The fourth-order valence-corrected chi connectivity index (χ4v) is 4.58. The molecule has 2 fully saturated rings. The molecule has 30 heavy (non-hydrogen) atoms. The molecule has 5 heteroatoms. The van der Waals surface area contributed by atoms with Gasteiger partial charge in [0, 0.05) is 31.5 Å². The van der Waals surface area contributed by atoms with Gasteiger partial charge >= 0.3 is 0 Å². The third-order valence-corrected chi connectivity index (χ3v) is 6.53. The van der Waals surface area contributed by atoms with Crippen LogP contribution in [-0.4, -0.2) is 42.5 Å². The summed E-state index contributed by atoms with van der Waals surface area (Å²) in [6.07, 6.45) is 9.76. The highest BCUT2D eigenvalue weighted by atomic mass is 16.5. The first-order valence-electron chi connectivity index (χ1n) is 11.8. The Morgan fingerprint density at radius 3 is 2.50 bits per heavy atom. The van der Waals surface area contributed by atoms with Crippen LogP contribution in [-0.2, 0) is 9.59 Å². The van der Waals surface area contributed by atoms with Crippen LogP contribution in [0.5, 0.6) is 5.75 Å². The number of nitrogens with zero attached hydrogens (tertiary/aromatic N) is 1. The zero-order chi connectivity index (χ0) is 21.3. The lowest BCUT2D eigenvalue weighted by atomic mass is 9.87. The summed E-state index contributed by atoms with van der Waals surface area (Å²) in [6.45, 7) is 6.32. The topological polar surface area (TPSA) is 58.6 Å². The van der Waals surface area contributed by atoms with Gasteiger partial charge in [-0.2, -0.15) is 0 Å². The van der Waals surface area contributed by atoms with E-state index in [1.807, 2.05) is 4.90 Å². The summed E-state index contributed by atoms with van der Waals surface area (Å²) < 4.78 is 5.86. The van der Waals surface area contributed by atoms with E-state index >= 15 is 0 Å². The maximum absolute atomic E-state index is 12.7. The van der Waals surface area contributed by atoms with E-state index < -0.39 is 0 Å². The Labute approximate surface area is 181 Å². The second-order valence-corrected chi connectivity index (χ2v) is 9.08. The average molecular weight is 415 g/mol. The number of hydrogen-bond acceptors (Lipinski definition) is 3. The van der Waals surface area contributed by atoms with E-state index in [4.69, 9.17) is 4.74 Å². The summed E-state index contributed by atoms with van der Waals surface area (Å²) >= 11 is 0. The van der Waals surface area contributed by atoms with Crippen LogP contribution in [0.3, 0.4) is 0 Å². The highest BCUT2D eigenvalue weighted by Gasteiger charge is 2.29. The number of nitrogens with one attached hydrogen (secondary N) is 1. The van der Waals surface area contributed by atoms with Crippen LogP contribution in [0.4, 0.5) is 0 Å². The first-order chi connectivity index (χ1) is 14.5. The van der Waals surface area contributed by atoms with Gasteiger partial charge in [-0.05, 0) is 69.6 Å². The van der Waals surface area contributed by atoms with E-state index in [2.05, 4.69) is 37.4 Å². The maximum Gasteiger partial charge on any atom is 0.225 e. The lowest BCUT2D eigenvalue weighted by Crippen LogP contribution is -2.48. The van der Waals surface area contributed by atoms with Gasteiger partial charge < -0.3 is 15.0 Å². The average Bonchev–Trinajstić information content (AvgIpc) is 2.76. The molecule has 166 valence electrons. The molecular weight excluding hydrogens is 376 g/mol. The molecule has 1 N–H and O–H groups in total. The van der Waals surface area contributed by atoms with Gasteiger partial charge in [0.25, 0.3) is 0 Å². The zero-order valence-corrected chi connectivity index (χ0v) is 18.8. The molecule has 0 unspecified atom stereocenters. The van der Waals surface area contributed by atoms with Gasteiger partial charge in [0.2, 0.25) is 11.8 Å². The van der Waals surface area contributed by atoms with Crippen LogP contribution in [0.2, 0.25) is 0 Å². The number of likely N-dealkylation sites (tertiary alicyclic amines) is 1. The van der Waals surface area contributed by atoms with Crippen molar-refractivity contribution in [1.29, 1.82) is 0 Å². The number of aryl methyl sites for hydroxylation is 2. The zero-order valence-electron chi connectivity index (χ0n) is 18.8. The lowest BCUT2D eigenvalue weighted by Gasteiger charge is -2.35. The van der Waals surface area contributed by atoms with E-state index in [0.717, 1.165) is 62.9 Å². The Hall–Kier alpha value is -2.04. The number of carbonyl (C=O) groups excluding carboxylic acids is 2. The second-order valence-electron chi connectivity index (χ2n) is 9.08. The Morgan fingerprint density at radius 2 is 1.77 bits per heavy atom. The highest BCUT2D eigenvalue weighted by Crippen LogP contribution is 2.26. The number of rotatable bonds is 8. The fourth-order valence-electron chi connectivity index (χ4n) is 4.58. The predicted molar refractivity (Wildman–Crippen MR) is 120 cm³/mol. The second kappa shape index (κ2) is 11.4. The molecule has 1 saturated carbocycles. The molecule has 1 aliphatic heterocycles. The number of benzene rings is 1. The molecule has 3 rings (SSSR count). The quantitative estimate of drug-likeness (QED) is 0.635. The van der Waals surface area contributed by atoms with Crippen LogP contribution in [0.25, 0.3) is 0 Å². The fraction of sp³-hybridized carbons (Fsp3) is 0.680. The molecule has 0 bridgehead atoms. The summed E-state index contributed by atoms with van der Waals surface area (Å²) in [4.78, 5) is 27.0. The third-order valence-electron chi connectivity index (χ3n) is 6.53. The van der Waals surface area contributed by atoms with Crippen LogP contribution in [0, 0.1) is 19.8 Å². The van der Waals surface area contributed by atoms with E-state index in [-0.39, 0.29) is 17.9 Å². The molecule has 1 aliphatic carbocycles. The highest BCUT2D eigenvalue weighted by molar-refractivity contribution is 5.79. The molecule has 2 aliphatic rings. The van der Waals surface area contributed by atoms with Crippen LogP contribution in [0.1, 0.15) is 75.3 Å². The molecule has 0 aromatic heterocycles. The van der Waals surface area contributed by atoms with Gasteiger partial charge in [0.05, 0.1) is 6.61 Å². The van der Waals surface area contributed by atoms with Crippen molar-refractivity contribution in [3.63, 3.8) is 0 Å². The lowest BCUT2D eigenvalue weighted by molar-refractivity contribution is -0.137. The van der Waals surface area contributed by atoms with Crippen LogP contribution < -0.4 is 10.1 Å². The van der Waals surface area contributed by atoms with Crippen LogP contribution >= 0.6 is 0 Å². The summed E-state index contributed by atoms with van der Waals surface area (Å²) in [7, 11) is 0. The van der Waals surface area contributed by atoms with Gasteiger partial charge in [0.1, 0.15) is 5.75 Å². The number of ether oxygens (including phenoxy) is 1. The van der Waals surface area contributed by atoms with Gasteiger partial charge in [-0.1, -0.05) is 31.4 Å². The van der Waals surface area contributed by atoms with Crippen molar-refractivity contribution < 1.29 is 14.3 Å². The van der Waals surface area contributed by atoms with Crippen LogP contribution in [0.15, 0.2) is 18.2 Å². The molecule has 1 heterocycles. The molecule has 0 atom stereocenters.